The lowest BCUT2D eigenvalue weighted by Gasteiger charge is -2.38. The average Bonchev–Trinajstić information content (AvgIpc) is 3.21. The summed E-state index contributed by atoms with van der Waals surface area (Å²) in [6, 6.07) is 21.4. The standard InChI is InChI=1S/C28H28N6/c1-33(2)15-18-12-22(13-18)34-16-23(26-27(29)30-17-31-28(26)34)21-9-8-20-10-11-24(32-25(20)14-21)19-6-4-3-5-7-19/h3-11,14,16-18,22H,12-13,15H2,1-2H3,(H2,29,30,31). The summed E-state index contributed by atoms with van der Waals surface area (Å²) in [7, 11) is 4.28. The molecule has 0 saturated heterocycles. The van der Waals surface area contributed by atoms with E-state index in [0.717, 1.165) is 69.6 Å². The minimum Gasteiger partial charge on any atom is -0.383 e. The summed E-state index contributed by atoms with van der Waals surface area (Å²) < 4.78 is 2.31. The molecule has 0 atom stereocenters. The molecule has 0 radical (unpaired) electrons. The van der Waals surface area contributed by atoms with Crippen molar-refractivity contribution in [2.45, 2.75) is 18.9 Å². The van der Waals surface area contributed by atoms with Crippen molar-refractivity contribution in [2.75, 3.05) is 26.4 Å². The monoisotopic (exact) mass is 448 g/mol. The van der Waals surface area contributed by atoms with E-state index in [-0.39, 0.29) is 0 Å². The fraction of sp³-hybridized carbons (Fsp3) is 0.250. The molecule has 0 aliphatic heterocycles. The Hall–Kier alpha value is -3.77. The summed E-state index contributed by atoms with van der Waals surface area (Å²) in [4.78, 5) is 16.2. The third-order valence-corrected chi connectivity index (χ3v) is 6.94. The summed E-state index contributed by atoms with van der Waals surface area (Å²) in [5.41, 5.74) is 12.5. The van der Waals surface area contributed by atoms with Crippen LogP contribution in [0.3, 0.4) is 0 Å². The molecule has 6 heteroatoms. The summed E-state index contributed by atoms with van der Waals surface area (Å²) in [5.74, 6) is 1.25. The van der Waals surface area contributed by atoms with E-state index in [1.54, 1.807) is 6.33 Å². The Labute approximate surface area is 199 Å². The number of anilines is 1. The van der Waals surface area contributed by atoms with Crippen LogP contribution in [0.15, 0.2) is 73.2 Å². The number of nitrogen functional groups attached to an aromatic ring is 1. The van der Waals surface area contributed by atoms with Gasteiger partial charge in [0, 0.05) is 35.3 Å². The number of hydrogen-bond donors (Lipinski definition) is 1. The lowest BCUT2D eigenvalue weighted by atomic mass is 9.80. The van der Waals surface area contributed by atoms with E-state index in [1.165, 1.54) is 0 Å². The van der Waals surface area contributed by atoms with Gasteiger partial charge in [0.05, 0.1) is 16.6 Å². The number of pyridine rings is 1. The Morgan fingerprint density at radius 1 is 0.971 bits per heavy atom. The van der Waals surface area contributed by atoms with Crippen LogP contribution in [0.2, 0.25) is 0 Å². The molecular weight excluding hydrogens is 420 g/mol. The fourth-order valence-electron chi connectivity index (χ4n) is 5.25. The van der Waals surface area contributed by atoms with Crippen LogP contribution in [-0.4, -0.2) is 45.1 Å². The number of nitrogens with zero attached hydrogens (tertiary/aromatic N) is 5. The molecule has 0 spiro atoms. The van der Waals surface area contributed by atoms with Crippen molar-refractivity contribution in [1.82, 2.24) is 24.4 Å². The van der Waals surface area contributed by atoms with E-state index >= 15 is 0 Å². The van der Waals surface area contributed by atoms with Gasteiger partial charge in [0.2, 0.25) is 0 Å². The minimum absolute atomic E-state index is 0.443. The van der Waals surface area contributed by atoms with Crippen molar-refractivity contribution in [3.63, 3.8) is 0 Å². The molecule has 1 aliphatic carbocycles. The van der Waals surface area contributed by atoms with E-state index in [9.17, 15) is 0 Å². The molecule has 170 valence electrons. The second-order valence-electron chi connectivity index (χ2n) is 9.63. The van der Waals surface area contributed by atoms with Gasteiger partial charge >= 0.3 is 0 Å². The number of benzene rings is 2. The first-order chi connectivity index (χ1) is 16.6. The predicted molar refractivity (Wildman–Crippen MR) is 138 cm³/mol. The first kappa shape index (κ1) is 20.8. The Bertz CT molecular complexity index is 1480. The molecule has 0 amide bonds. The van der Waals surface area contributed by atoms with Crippen LogP contribution in [-0.2, 0) is 0 Å². The quantitative estimate of drug-likeness (QED) is 0.389. The SMILES string of the molecule is CN(C)CC1CC(n2cc(-c3ccc4ccc(-c5ccccc5)nc4c3)c3c(N)ncnc32)C1. The fourth-order valence-corrected chi connectivity index (χ4v) is 5.25. The lowest BCUT2D eigenvalue weighted by molar-refractivity contribution is 0.159. The van der Waals surface area contributed by atoms with Crippen LogP contribution in [0.4, 0.5) is 5.82 Å². The van der Waals surface area contributed by atoms with Crippen LogP contribution < -0.4 is 5.73 Å². The third-order valence-electron chi connectivity index (χ3n) is 6.94. The Kier molecular flexibility index (Phi) is 5.03. The van der Waals surface area contributed by atoms with Crippen LogP contribution in [0, 0.1) is 5.92 Å². The summed E-state index contributed by atoms with van der Waals surface area (Å²) in [5, 5.41) is 2.04. The lowest BCUT2D eigenvalue weighted by Crippen LogP contribution is -2.33. The molecular formula is C28H28N6. The van der Waals surface area contributed by atoms with Crippen molar-refractivity contribution in [1.29, 1.82) is 0 Å². The number of nitrogens with two attached hydrogens (primary N) is 1. The highest BCUT2D eigenvalue weighted by Crippen LogP contribution is 2.43. The Morgan fingerprint density at radius 2 is 1.76 bits per heavy atom. The number of fused-ring (bicyclic) bond motifs is 2. The van der Waals surface area contributed by atoms with E-state index in [0.29, 0.717) is 11.9 Å². The van der Waals surface area contributed by atoms with Gasteiger partial charge in [-0.2, -0.15) is 0 Å². The minimum atomic E-state index is 0.443. The maximum Gasteiger partial charge on any atom is 0.146 e. The number of hydrogen-bond acceptors (Lipinski definition) is 5. The molecule has 0 bridgehead atoms. The molecule has 3 heterocycles. The van der Waals surface area contributed by atoms with Crippen molar-refractivity contribution in [3.8, 4) is 22.4 Å². The van der Waals surface area contributed by atoms with Gasteiger partial charge in [-0.15, -0.1) is 0 Å². The summed E-state index contributed by atoms with van der Waals surface area (Å²) in [6.45, 7) is 1.12. The van der Waals surface area contributed by atoms with Gasteiger partial charge in [-0.1, -0.05) is 48.5 Å². The second kappa shape index (κ2) is 8.22. The second-order valence-corrected chi connectivity index (χ2v) is 9.63. The molecule has 3 aromatic heterocycles. The van der Waals surface area contributed by atoms with E-state index in [1.807, 2.05) is 18.2 Å². The Morgan fingerprint density at radius 3 is 2.56 bits per heavy atom. The van der Waals surface area contributed by atoms with Gasteiger partial charge in [0.15, 0.2) is 0 Å². The van der Waals surface area contributed by atoms with Gasteiger partial charge < -0.3 is 15.2 Å². The third kappa shape index (κ3) is 3.60. The maximum atomic E-state index is 6.39. The molecule has 0 unspecified atom stereocenters. The van der Waals surface area contributed by atoms with Gasteiger partial charge in [-0.05, 0) is 50.6 Å². The zero-order valence-electron chi connectivity index (χ0n) is 19.5. The molecule has 6 nitrogen and oxygen atoms in total. The highest BCUT2D eigenvalue weighted by Gasteiger charge is 2.32. The highest BCUT2D eigenvalue weighted by atomic mass is 15.1. The number of rotatable bonds is 5. The Balaban J connectivity index is 1.43. The van der Waals surface area contributed by atoms with Gasteiger partial charge in [-0.25, -0.2) is 15.0 Å². The van der Waals surface area contributed by atoms with E-state index in [2.05, 4.69) is 82.2 Å². The molecule has 2 aromatic carbocycles. The van der Waals surface area contributed by atoms with Crippen LogP contribution in [0.5, 0.6) is 0 Å². The number of aromatic nitrogens is 4. The normalized spacial score (nSPS) is 18.0. The first-order valence-electron chi connectivity index (χ1n) is 11.8. The zero-order chi connectivity index (χ0) is 23.2. The highest BCUT2D eigenvalue weighted by molar-refractivity contribution is 6.02. The van der Waals surface area contributed by atoms with E-state index < -0.39 is 0 Å². The van der Waals surface area contributed by atoms with Crippen molar-refractivity contribution >= 4 is 27.8 Å². The zero-order valence-corrected chi connectivity index (χ0v) is 19.5. The van der Waals surface area contributed by atoms with Gasteiger partial charge in [0.25, 0.3) is 0 Å². The smallest absolute Gasteiger partial charge is 0.146 e. The van der Waals surface area contributed by atoms with Crippen molar-refractivity contribution < 1.29 is 0 Å². The van der Waals surface area contributed by atoms with Gasteiger partial charge in [-0.3, -0.25) is 0 Å². The van der Waals surface area contributed by atoms with E-state index in [4.69, 9.17) is 10.7 Å². The van der Waals surface area contributed by atoms with Crippen molar-refractivity contribution in [3.05, 3.63) is 73.2 Å². The predicted octanol–water partition coefficient (Wildman–Crippen LogP) is 5.41. The average molecular weight is 449 g/mol. The maximum absolute atomic E-state index is 6.39. The molecule has 6 rings (SSSR count). The van der Waals surface area contributed by atoms with Gasteiger partial charge in [0.1, 0.15) is 17.8 Å². The first-order valence-corrected chi connectivity index (χ1v) is 11.8. The molecule has 5 aromatic rings. The molecule has 1 aliphatic rings. The molecule has 1 fully saturated rings. The molecule has 2 N–H and O–H groups in total. The van der Waals surface area contributed by atoms with Crippen LogP contribution in [0.25, 0.3) is 44.3 Å². The topological polar surface area (TPSA) is 72.9 Å². The molecule has 1 saturated carbocycles. The summed E-state index contributed by atoms with van der Waals surface area (Å²) >= 11 is 0. The summed E-state index contributed by atoms with van der Waals surface area (Å²) in [6.07, 6.45) is 6.10. The van der Waals surface area contributed by atoms with Crippen molar-refractivity contribution in [2.24, 2.45) is 5.92 Å². The largest absolute Gasteiger partial charge is 0.383 e. The molecule has 34 heavy (non-hydrogen) atoms. The van der Waals surface area contributed by atoms with Crippen LogP contribution in [0.1, 0.15) is 18.9 Å². The van der Waals surface area contributed by atoms with Crippen LogP contribution >= 0.6 is 0 Å².